The van der Waals surface area contributed by atoms with E-state index in [1.807, 2.05) is 33.2 Å². The monoisotopic (exact) mass is 256 g/mol. The van der Waals surface area contributed by atoms with Crippen molar-refractivity contribution in [1.82, 2.24) is 14.9 Å². The van der Waals surface area contributed by atoms with Gasteiger partial charge in [-0.1, -0.05) is 0 Å². The van der Waals surface area contributed by atoms with Gasteiger partial charge in [0.1, 0.15) is 5.65 Å². The van der Waals surface area contributed by atoms with Crippen LogP contribution in [0.1, 0.15) is 25.8 Å². The highest BCUT2D eigenvalue weighted by atomic mass is 15.0. The summed E-state index contributed by atoms with van der Waals surface area (Å²) in [6, 6.07) is 6.41. The Labute approximate surface area is 114 Å². The number of aryl methyl sites for hydroxylation is 1. The molecule has 0 spiro atoms. The average Bonchev–Trinajstić information content (AvgIpc) is 2.76. The van der Waals surface area contributed by atoms with Crippen molar-refractivity contribution in [1.29, 1.82) is 5.26 Å². The lowest BCUT2D eigenvalue weighted by Gasteiger charge is -2.15. The number of hydrogen-bond acceptors (Lipinski definition) is 3. The van der Waals surface area contributed by atoms with Crippen LogP contribution in [0, 0.1) is 16.7 Å². The van der Waals surface area contributed by atoms with E-state index < -0.39 is 0 Å². The molecule has 0 aromatic carbocycles. The lowest BCUT2D eigenvalue weighted by atomic mass is 9.91. The molecule has 2 rings (SSSR count). The quantitative estimate of drug-likeness (QED) is 0.895. The Morgan fingerprint density at radius 1 is 1.47 bits per heavy atom. The largest absolute Gasteiger partial charge is 0.332 e. The fraction of sp³-hybridized carbons (Fsp3) is 0.467. The van der Waals surface area contributed by atoms with E-state index in [1.54, 1.807) is 0 Å². The second-order valence-electron chi connectivity index (χ2n) is 5.50. The molecule has 0 bridgehead atoms. The highest BCUT2D eigenvalue weighted by molar-refractivity contribution is 5.80. The first kappa shape index (κ1) is 13.6. The summed E-state index contributed by atoms with van der Waals surface area (Å²) in [6.07, 6.45) is 4.78. The molecule has 1 N–H and O–H groups in total. The Balaban J connectivity index is 2.31. The minimum atomic E-state index is -0.297. The number of rotatable bonds is 5. The lowest BCUT2D eigenvalue weighted by Crippen LogP contribution is -2.12. The van der Waals surface area contributed by atoms with Crippen LogP contribution < -0.4 is 5.32 Å². The molecule has 0 saturated carbocycles. The van der Waals surface area contributed by atoms with Crippen LogP contribution >= 0.6 is 0 Å². The Bertz CT molecular complexity index is 604. The van der Waals surface area contributed by atoms with Gasteiger partial charge in [-0.05, 0) is 45.0 Å². The SMILES string of the molecule is CNCc1cn(CCC(C)(C)C#N)c2ncccc12. The molecule has 0 radical (unpaired) electrons. The standard InChI is InChI=1S/C15H20N4/c1-15(2,11-16)6-8-19-10-12(9-17-3)13-5-4-7-18-14(13)19/h4-5,7,10,17H,6,8-9H2,1-3H3. The lowest BCUT2D eigenvalue weighted by molar-refractivity contribution is 0.416. The minimum absolute atomic E-state index is 0.297. The third kappa shape index (κ3) is 2.94. The number of nitriles is 1. The van der Waals surface area contributed by atoms with Gasteiger partial charge in [0.05, 0.1) is 11.5 Å². The molecule has 4 nitrogen and oxygen atoms in total. The number of pyridine rings is 1. The second-order valence-corrected chi connectivity index (χ2v) is 5.50. The van der Waals surface area contributed by atoms with Crippen molar-refractivity contribution in [3.8, 4) is 6.07 Å². The predicted octanol–water partition coefficient (Wildman–Crippen LogP) is 2.70. The molecule has 19 heavy (non-hydrogen) atoms. The summed E-state index contributed by atoms with van der Waals surface area (Å²) >= 11 is 0. The number of nitrogens with one attached hydrogen (secondary N) is 1. The molecule has 100 valence electrons. The molecule has 0 aliphatic carbocycles. The molecule has 0 amide bonds. The first-order valence-electron chi connectivity index (χ1n) is 6.56. The maximum absolute atomic E-state index is 9.09. The van der Waals surface area contributed by atoms with Crippen molar-refractivity contribution in [3.05, 3.63) is 30.1 Å². The third-order valence-corrected chi connectivity index (χ3v) is 3.36. The number of nitrogens with zero attached hydrogens (tertiary/aromatic N) is 3. The van der Waals surface area contributed by atoms with Gasteiger partial charge < -0.3 is 9.88 Å². The van der Waals surface area contributed by atoms with Crippen LogP contribution in [0.25, 0.3) is 11.0 Å². The van der Waals surface area contributed by atoms with E-state index in [0.717, 1.165) is 25.2 Å². The fourth-order valence-electron chi connectivity index (χ4n) is 2.15. The Kier molecular flexibility index (Phi) is 3.87. The highest BCUT2D eigenvalue weighted by Gasteiger charge is 2.17. The molecular formula is C15H20N4. The van der Waals surface area contributed by atoms with Crippen molar-refractivity contribution in [2.75, 3.05) is 7.05 Å². The van der Waals surface area contributed by atoms with E-state index in [2.05, 4.69) is 33.2 Å². The third-order valence-electron chi connectivity index (χ3n) is 3.36. The topological polar surface area (TPSA) is 53.6 Å². The Morgan fingerprint density at radius 3 is 2.95 bits per heavy atom. The number of fused-ring (bicyclic) bond motifs is 1. The summed E-state index contributed by atoms with van der Waals surface area (Å²) in [7, 11) is 1.94. The van der Waals surface area contributed by atoms with Gasteiger partial charge in [0.2, 0.25) is 0 Å². The van der Waals surface area contributed by atoms with Crippen LogP contribution in [0.5, 0.6) is 0 Å². The van der Waals surface area contributed by atoms with Crippen molar-refractivity contribution < 1.29 is 0 Å². The van der Waals surface area contributed by atoms with Crippen molar-refractivity contribution in [2.45, 2.75) is 33.4 Å². The van der Waals surface area contributed by atoms with Gasteiger partial charge in [-0.3, -0.25) is 0 Å². The van der Waals surface area contributed by atoms with Crippen LogP contribution in [-0.4, -0.2) is 16.6 Å². The molecule has 0 fully saturated rings. The van der Waals surface area contributed by atoms with Crippen LogP contribution in [0.4, 0.5) is 0 Å². The van der Waals surface area contributed by atoms with Crippen molar-refractivity contribution in [2.24, 2.45) is 5.41 Å². The van der Waals surface area contributed by atoms with Crippen LogP contribution in [-0.2, 0) is 13.1 Å². The highest BCUT2D eigenvalue weighted by Crippen LogP contribution is 2.24. The zero-order valence-corrected chi connectivity index (χ0v) is 11.8. The minimum Gasteiger partial charge on any atom is -0.332 e. The molecular weight excluding hydrogens is 236 g/mol. The van der Waals surface area contributed by atoms with Gasteiger partial charge >= 0.3 is 0 Å². The molecule has 2 aromatic heterocycles. The van der Waals surface area contributed by atoms with Gasteiger partial charge in [-0.25, -0.2) is 4.98 Å². The Hall–Kier alpha value is -1.86. The maximum Gasteiger partial charge on any atom is 0.140 e. The van der Waals surface area contributed by atoms with E-state index >= 15 is 0 Å². The summed E-state index contributed by atoms with van der Waals surface area (Å²) in [5.74, 6) is 0. The maximum atomic E-state index is 9.09. The first-order chi connectivity index (χ1) is 9.07. The molecule has 2 heterocycles. The van der Waals surface area contributed by atoms with Crippen LogP contribution in [0.2, 0.25) is 0 Å². The number of hydrogen-bond donors (Lipinski definition) is 1. The summed E-state index contributed by atoms with van der Waals surface area (Å²) in [4.78, 5) is 4.46. The van der Waals surface area contributed by atoms with Gasteiger partial charge in [-0.2, -0.15) is 5.26 Å². The van der Waals surface area contributed by atoms with Gasteiger partial charge in [-0.15, -0.1) is 0 Å². The summed E-state index contributed by atoms with van der Waals surface area (Å²) in [6.45, 7) is 5.59. The van der Waals surface area contributed by atoms with Gasteiger partial charge in [0.15, 0.2) is 0 Å². The molecule has 4 heteroatoms. The predicted molar refractivity (Wildman–Crippen MR) is 76.5 cm³/mol. The molecule has 0 aliphatic heterocycles. The van der Waals surface area contributed by atoms with Gasteiger partial charge in [0.25, 0.3) is 0 Å². The fourth-order valence-corrected chi connectivity index (χ4v) is 2.15. The average molecular weight is 256 g/mol. The zero-order valence-electron chi connectivity index (χ0n) is 11.8. The van der Waals surface area contributed by atoms with E-state index in [-0.39, 0.29) is 5.41 Å². The molecule has 0 atom stereocenters. The van der Waals surface area contributed by atoms with E-state index in [1.165, 1.54) is 10.9 Å². The number of aromatic nitrogens is 2. The summed E-state index contributed by atoms with van der Waals surface area (Å²) in [5, 5.41) is 13.5. The molecule has 2 aromatic rings. The van der Waals surface area contributed by atoms with Crippen LogP contribution in [0.15, 0.2) is 24.5 Å². The van der Waals surface area contributed by atoms with Crippen molar-refractivity contribution in [3.63, 3.8) is 0 Å². The molecule has 0 unspecified atom stereocenters. The van der Waals surface area contributed by atoms with Gasteiger partial charge in [0, 0.05) is 30.9 Å². The zero-order chi connectivity index (χ0) is 13.9. The summed E-state index contributed by atoms with van der Waals surface area (Å²) < 4.78 is 2.15. The summed E-state index contributed by atoms with van der Waals surface area (Å²) in [5.41, 5.74) is 1.95. The molecule has 0 saturated heterocycles. The normalized spacial score (nSPS) is 11.7. The van der Waals surface area contributed by atoms with Crippen LogP contribution in [0.3, 0.4) is 0 Å². The smallest absolute Gasteiger partial charge is 0.140 e. The van der Waals surface area contributed by atoms with E-state index in [4.69, 9.17) is 5.26 Å². The van der Waals surface area contributed by atoms with E-state index in [0.29, 0.717) is 0 Å². The molecule has 0 aliphatic rings. The first-order valence-corrected chi connectivity index (χ1v) is 6.56. The van der Waals surface area contributed by atoms with Crippen molar-refractivity contribution >= 4 is 11.0 Å². The Morgan fingerprint density at radius 2 is 2.26 bits per heavy atom. The van der Waals surface area contributed by atoms with E-state index in [9.17, 15) is 0 Å². The second kappa shape index (κ2) is 5.41.